The highest BCUT2D eigenvalue weighted by molar-refractivity contribution is 6.06. The van der Waals surface area contributed by atoms with Gasteiger partial charge in [0.1, 0.15) is 11.6 Å². The molecule has 0 aromatic heterocycles. The number of benzene rings is 1. The van der Waals surface area contributed by atoms with E-state index in [-0.39, 0.29) is 22.5 Å². The zero-order valence-electron chi connectivity index (χ0n) is 13.7. The number of rotatable bonds is 5. The summed E-state index contributed by atoms with van der Waals surface area (Å²) in [6, 6.07) is 7.44. The van der Waals surface area contributed by atoms with E-state index in [9.17, 15) is 20.2 Å². The van der Waals surface area contributed by atoms with E-state index in [4.69, 9.17) is 0 Å². The number of amides is 1. The Morgan fingerprint density at radius 2 is 2.13 bits per heavy atom. The summed E-state index contributed by atoms with van der Waals surface area (Å²) < 4.78 is 0. The Labute approximate surface area is 135 Å². The molecule has 7 nitrogen and oxygen atoms in total. The molecule has 7 heteroatoms. The lowest BCUT2D eigenvalue weighted by molar-refractivity contribution is -0.384. The zero-order valence-corrected chi connectivity index (χ0v) is 13.7. The normalized spacial score (nSPS) is 11.5. The number of nitro groups is 1. The van der Waals surface area contributed by atoms with Crippen molar-refractivity contribution in [1.29, 1.82) is 5.26 Å². The van der Waals surface area contributed by atoms with Gasteiger partial charge < -0.3 is 10.2 Å². The predicted molar refractivity (Wildman–Crippen MR) is 87.6 cm³/mol. The monoisotopic (exact) mass is 316 g/mol. The molecule has 0 saturated carbocycles. The summed E-state index contributed by atoms with van der Waals surface area (Å²) in [6.45, 7) is 8.48. The van der Waals surface area contributed by atoms with Crippen LogP contribution in [0.15, 0.2) is 36.0 Å². The van der Waals surface area contributed by atoms with Gasteiger partial charge in [-0.1, -0.05) is 6.07 Å². The number of nitriles is 1. The minimum absolute atomic E-state index is 0.0618. The lowest BCUT2D eigenvalue weighted by atomic mass is 10.1. The highest BCUT2D eigenvalue weighted by Crippen LogP contribution is 2.19. The van der Waals surface area contributed by atoms with Crippen molar-refractivity contribution in [3.63, 3.8) is 0 Å². The van der Waals surface area contributed by atoms with E-state index in [2.05, 4.69) is 5.32 Å². The first-order valence-corrected chi connectivity index (χ1v) is 7.13. The molecule has 0 fully saturated rings. The van der Waals surface area contributed by atoms with Crippen molar-refractivity contribution in [3.05, 3.63) is 46.2 Å². The predicted octanol–water partition coefficient (Wildman–Crippen LogP) is 3.06. The molecular formula is C16H20N4O3. The van der Waals surface area contributed by atoms with Crippen LogP contribution in [-0.4, -0.2) is 27.8 Å². The van der Waals surface area contributed by atoms with Crippen LogP contribution in [0.3, 0.4) is 0 Å². The maximum absolute atomic E-state index is 12.2. The molecule has 0 heterocycles. The lowest BCUT2D eigenvalue weighted by Gasteiger charge is -2.33. The highest BCUT2D eigenvalue weighted by atomic mass is 16.6. The number of hydrogen-bond donors (Lipinski definition) is 1. The van der Waals surface area contributed by atoms with E-state index in [1.807, 2.05) is 38.7 Å². The average Bonchev–Trinajstić information content (AvgIpc) is 2.47. The molecule has 23 heavy (non-hydrogen) atoms. The van der Waals surface area contributed by atoms with Gasteiger partial charge in [0.25, 0.3) is 11.6 Å². The first kappa shape index (κ1) is 18.2. The van der Waals surface area contributed by atoms with Crippen molar-refractivity contribution in [2.75, 3.05) is 11.9 Å². The molecule has 0 bridgehead atoms. The van der Waals surface area contributed by atoms with Crippen molar-refractivity contribution < 1.29 is 9.72 Å². The van der Waals surface area contributed by atoms with Gasteiger partial charge in [-0.2, -0.15) is 5.26 Å². The maximum Gasteiger partial charge on any atom is 0.271 e. The molecule has 0 radical (unpaired) electrons. The molecule has 1 aromatic rings. The van der Waals surface area contributed by atoms with E-state index in [0.29, 0.717) is 6.54 Å². The Bertz CT molecular complexity index is 669. The van der Waals surface area contributed by atoms with E-state index < -0.39 is 10.8 Å². The Balaban J connectivity index is 3.00. The minimum atomic E-state index is -0.601. The summed E-state index contributed by atoms with van der Waals surface area (Å²) in [7, 11) is 0. The number of nitro benzene ring substituents is 1. The fraction of sp³-hybridized carbons (Fsp3) is 0.375. The van der Waals surface area contributed by atoms with Crippen LogP contribution < -0.4 is 5.32 Å². The van der Waals surface area contributed by atoms with Crippen LogP contribution in [0, 0.1) is 21.4 Å². The topological polar surface area (TPSA) is 99.3 Å². The van der Waals surface area contributed by atoms with Crippen molar-refractivity contribution in [2.45, 2.75) is 33.2 Å². The molecule has 0 aliphatic carbocycles. The van der Waals surface area contributed by atoms with Crippen molar-refractivity contribution in [3.8, 4) is 6.07 Å². The number of anilines is 1. The van der Waals surface area contributed by atoms with Gasteiger partial charge in [0.15, 0.2) is 0 Å². The van der Waals surface area contributed by atoms with Crippen LogP contribution in [0.4, 0.5) is 11.4 Å². The van der Waals surface area contributed by atoms with Crippen molar-refractivity contribution in [1.82, 2.24) is 4.90 Å². The molecule has 0 atom stereocenters. The number of nitrogens with zero attached hydrogens (tertiary/aromatic N) is 3. The van der Waals surface area contributed by atoms with Crippen LogP contribution in [0.25, 0.3) is 0 Å². The third-order valence-electron chi connectivity index (χ3n) is 3.17. The van der Waals surface area contributed by atoms with Crippen LogP contribution in [0.1, 0.15) is 27.7 Å². The van der Waals surface area contributed by atoms with Crippen molar-refractivity contribution >= 4 is 17.3 Å². The summed E-state index contributed by atoms with van der Waals surface area (Å²) >= 11 is 0. The second-order valence-corrected chi connectivity index (χ2v) is 5.87. The van der Waals surface area contributed by atoms with Gasteiger partial charge in [-0.25, -0.2) is 0 Å². The van der Waals surface area contributed by atoms with Gasteiger partial charge in [0, 0.05) is 36.1 Å². The molecule has 1 amide bonds. The maximum atomic E-state index is 12.2. The zero-order chi connectivity index (χ0) is 17.6. The largest absolute Gasteiger partial charge is 0.372 e. The number of carbonyl (C=O) groups is 1. The molecule has 1 aromatic carbocycles. The smallest absolute Gasteiger partial charge is 0.271 e. The Hall–Kier alpha value is -2.88. The highest BCUT2D eigenvalue weighted by Gasteiger charge is 2.19. The molecule has 122 valence electrons. The summed E-state index contributed by atoms with van der Waals surface area (Å²) in [4.78, 5) is 24.3. The fourth-order valence-corrected chi connectivity index (χ4v) is 1.95. The number of nitrogens with one attached hydrogen (secondary N) is 1. The minimum Gasteiger partial charge on any atom is -0.372 e. The van der Waals surface area contributed by atoms with E-state index in [1.165, 1.54) is 30.5 Å². The molecule has 0 aliphatic heterocycles. The third kappa shape index (κ3) is 5.11. The Morgan fingerprint density at radius 1 is 1.48 bits per heavy atom. The second-order valence-electron chi connectivity index (χ2n) is 5.87. The number of hydrogen-bond acceptors (Lipinski definition) is 5. The first-order valence-electron chi connectivity index (χ1n) is 7.13. The van der Waals surface area contributed by atoms with Crippen LogP contribution in [0.5, 0.6) is 0 Å². The molecule has 0 unspecified atom stereocenters. The van der Waals surface area contributed by atoms with Crippen molar-refractivity contribution in [2.24, 2.45) is 0 Å². The SMILES string of the molecule is CCN(/C=C(/C#N)C(=O)Nc1cccc([N+](=O)[O-])c1)C(C)(C)C. The number of non-ortho nitro benzene ring substituents is 1. The molecule has 0 aliphatic rings. The van der Waals surface area contributed by atoms with Gasteiger partial charge in [-0.15, -0.1) is 0 Å². The Kier molecular flexibility index (Phi) is 5.85. The second kappa shape index (κ2) is 7.40. The van der Waals surface area contributed by atoms with Gasteiger partial charge in [-0.3, -0.25) is 14.9 Å². The summed E-state index contributed by atoms with van der Waals surface area (Å²) in [5.74, 6) is -0.601. The molecule has 1 rings (SSSR count). The van der Waals surface area contributed by atoms with E-state index >= 15 is 0 Å². The summed E-state index contributed by atoms with van der Waals surface area (Å²) in [5.41, 5.74) is -0.157. The Morgan fingerprint density at radius 3 is 2.61 bits per heavy atom. The van der Waals surface area contributed by atoms with E-state index in [1.54, 1.807) is 0 Å². The molecular weight excluding hydrogens is 296 g/mol. The van der Waals surface area contributed by atoms with Crippen LogP contribution in [-0.2, 0) is 4.79 Å². The standard InChI is InChI=1S/C16H20N4O3/c1-5-19(16(2,3)4)11-12(10-17)15(21)18-13-7-6-8-14(9-13)20(22)23/h6-9,11H,5H2,1-4H3,(H,18,21)/b12-11-. The third-order valence-corrected chi connectivity index (χ3v) is 3.17. The molecule has 0 saturated heterocycles. The molecule has 1 N–H and O–H groups in total. The molecule has 0 spiro atoms. The number of carbonyl (C=O) groups excluding carboxylic acids is 1. The first-order chi connectivity index (χ1) is 10.7. The average molecular weight is 316 g/mol. The summed E-state index contributed by atoms with van der Waals surface area (Å²) in [6.07, 6.45) is 1.51. The van der Waals surface area contributed by atoms with Gasteiger partial charge in [0.2, 0.25) is 0 Å². The fourth-order valence-electron chi connectivity index (χ4n) is 1.95. The summed E-state index contributed by atoms with van der Waals surface area (Å²) in [5, 5.41) is 22.5. The van der Waals surface area contributed by atoms with Gasteiger partial charge in [0.05, 0.1) is 4.92 Å². The lowest BCUT2D eigenvalue weighted by Crippen LogP contribution is -2.37. The van der Waals surface area contributed by atoms with Gasteiger partial charge >= 0.3 is 0 Å². The van der Waals surface area contributed by atoms with Gasteiger partial charge in [-0.05, 0) is 33.8 Å². The van der Waals surface area contributed by atoms with Crippen LogP contribution >= 0.6 is 0 Å². The van der Waals surface area contributed by atoms with Crippen LogP contribution in [0.2, 0.25) is 0 Å². The quantitative estimate of drug-likeness (QED) is 0.389. The van der Waals surface area contributed by atoms with E-state index in [0.717, 1.165) is 0 Å².